The molecule has 0 aliphatic rings. The highest BCUT2D eigenvalue weighted by Crippen LogP contribution is 2.21. The molecule has 0 saturated carbocycles. The lowest BCUT2D eigenvalue weighted by Crippen LogP contribution is -2.36. The zero-order valence-electron chi connectivity index (χ0n) is 9.83. The molecular formula is C12H16BrNO3. The molecule has 0 spiro atoms. The molecule has 3 N–H and O–H groups in total. The predicted molar refractivity (Wildman–Crippen MR) is 70.2 cm³/mol. The van der Waals surface area contributed by atoms with Crippen molar-refractivity contribution in [3.05, 3.63) is 28.2 Å². The predicted octanol–water partition coefficient (Wildman–Crippen LogP) is 2.40. The SMILES string of the molecule is Cc1cc(Br)ccc1NCC(C)(O)CC(=O)O. The number of carboxylic acid groups (broad SMARTS) is 1. The number of anilines is 1. The Morgan fingerprint density at radius 1 is 1.53 bits per heavy atom. The van der Waals surface area contributed by atoms with E-state index in [1.165, 1.54) is 6.92 Å². The summed E-state index contributed by atoms with van der Waals surface area (Å²) in [6.07, 6.45) is -0.282. The molecule has 0 amide bonds. The first kappa shape index (κ1) is 14.0. The van der Waals surface area contributed by atoms with E-state index in [4.69, 9.17) is 5.11 Å². The number of carboxylic acids is 1. The highest BCUT2D eigenvalue weighted by atomic mass is 79.9. The second kappa shape index (κ2) is 5.51. The minimum absolute atomic E-state index is 0.196. The van der Waals surface area contributed by atoms with Gasteiger partial charge in [0.1, 0.15) is 0 Å². The Morgan fingerprint density at radius 3 is 2.71 bits per heavy atom. The van der Waals surface area contributed by atoms with Crippen molar-refractivity contribution in [1.82, 2.24) is 0 Å². The van der Waals surface area contributed by atoms with Crippen LogP contribution in [0.15, 0.2) is 22.7 Å². The summed E-state index contributed by atoms with van der Waals surface area (Å²) in [5.41, 5.74) is 0.662. The van der Waals surface area contributed by atoms with E-state index in [9.17, 15) is 9.90 Å². The Labute approximate surface area is 109 Å². The van der Waals surface area contributed by atoms with E-state index in [0.717, 1.165) is 15.7 Å². The maximum Gasteiger partial charge on any atom is 0.306 e. The van der Waals surface area contributed by atoms with Crippen LogP contribution in [0.1, 0.15) is 18.9 Å². The summed E-state index contributed by atoms with van der Waals surface area (Å²) < 4.78 is 0.984. The lowest BCUT2D eigenvalue weighted by Gasteiger charge is -2.22. The first-order chi connectivity index (χ1) is 7.80. The molecule has 0 aliphatic carbocycles. The molecule has 94 valence electrons. The fourth-order valence-corrected chi connectivity index (χ4v) is 1.97. The maximum absolute atomic E-state index is 10.5. The summed E-state index contributed by atoms with van der Waals surface area (Å²) in [4.78, 5) is 10.5. The molecule has 1 unspecified atom stereocenters. The van der Waals surface area contributed by atoms with Gasteiger partial charge in [-0.05, 0) is 37.6 Å². The standard InChI is InChI=1S/C12H16BrNO3/c1-8-5-9(13)3-4-10(8)14-7-12(2,17)6-11(15)16/h3-5,14,17H,6-7H2,1-2H3,(H,15,16). The van der Waals surface area contributed by atoms with Crippen molar-refractivity contribution >= 4 is 27.6 Å². The van der Waals surface area contributed by atoms with Crippen molar-refractivity contribution in [3.63, 3.8) is 0 Å². The van der Waals surface area contributed by atoms with E-state index in [1.54, 1.807) is 0 Å². The third kappa shape index (κ3) is 4.75. The Balaban J connectivity index is 2.64. The summed E-state index contributed by atoms with van der Waals surface area (Å²) in [6, 6.07) is 5.73. The Kier molecular flexibility index (Phi) is 4.54. The summed E-state index contributed by atoms with van der Waals surface area (Å²) >= 11 is 3.36. The van der Waals surface area contributed by atoms with E-state index in [-0.39, 0.29) is 13.0 Å². The van der Waals surface area contributed by atoms with Gasteiger partial charge in [0.25, 0.3) is 0 Å². The molecule has 0 aromatic heterocycles. The van der Waals surface area contributed by atoms with Gasteiger partial charge in [0.15, 0.2) is 0 Å². The van der Waals surface area contributed by atoms with Gasteiger partial charge in [0, 0.05) is 16.7 Å². The average Bonchev–Trinajstić information content (AvgIpc) is 2.14. The van der Waals surface area contributed by atoms with Crippen molar-refractivity contribution in [1.29, 1.82) is 0 Å². The largest absolute Gasteiger partial charge is 0.481 e. The number of halogens is 1. The zero-order valence-corrected chi connectivity index (χ0v) is 11.4. The minimum atomic E-state index is -1.26. The molecule has 4 nitrogen and oxygen atoms in total. The third-order valence-electron chi connectivity index (χ3n) is 2.38. The van der Waals surface area contributed by atoms with E-state index in [1.807, 2.05) is 25.1 Å². The third-order valence-corrected chi connectivity index (χ3v) is 2.87. The molecule has 0 radical (unpaired) electrons. The molecule has 1 atom stereocenters. The van der Waals surface area contributed by atoms with Crippen molar-refractivity contribution in [2.75, 3.05) is 11.9 Å². The number of benzene rings is 1. The summed E-state index contributed by atoms with van der Waals surface area (Å²) in [7, 11) is 0. The topological polar surface area (TPSA) is 69.6 Å². The van der Waals surface area contributed by atoms with Crippen molar-refractivity contribution in [3.8, 4) is 0 Å². The van der Waals surface area contributed by atoms with Gasteiger partial charge in [-0.1, -0.05) is 15.9 Å². The molecule has 0 saturated heterocycles. The van der Waals surface area contributed by atoms with Crippen LogP contribution >= 0.6 is 15.9 Å². The number of hydrogen-bond donors (Lipinski definition) is 3. The van der Waals surface area contributed by atoms with Crippen LogP contribution in [0.25, 0.3) is 0 Å². The first-order valence-corrected chi connectivity index (χ1v) is 6.04. The molecule has 1 aromatic carbocycles. The normalized spacial score (nSPS) is 14.1. The maximum atomic E-state index is 10.5. The second-order valence-electron chi connectivity index (χ2n) is 4.38. The average molecular weight is 302 g/mol. The molecule has 0 fully saturated rings. The molecule has 1 aromatic rings. The zero-order chi connectivity index (χ0) is 13.1. The fraction of sp³-hybridized carbons (Fsp3) is 0.417. The Hall–Kier alpha value is -1.07. The number of nitrogens with one attached hydrogen (secondary N) is 1. The van der Waals surface area contributed by atoms with Crippen LogP contribution in [-0.4, -0.2) is 28.3 Å². The van der Waals surface area contributed by atoms with Crippen molar-refractivity contribution in [2.45, 2.75) is 25.9 Å². The van der Waals surface area contributed by atoms with E-state index in [2.05, 4.69) is 21.2 Å². The highest BCUT2D eigenvalue weighted by molar-refractivity contribution is 9.10. The second-order valence-corrected chi connectivity index (χ2v) is 5.30. The summed E-state index contributed by atoms with van der Waals surface area (Å²) in [5, 5.41) is 21.5. The first-order valence-electron chi connectivity index (χ1n) is 5.24. The Morgan fingerprint density at radius 2 is 2.18 bits per heavy atom. The van der Waals surface area contributed by atoms with Crippen LogP contribution in [0, 0.1) is 6.92 Å². The van der Waals surface area contributed by atoms with Crippen molar-refractivity contribution in [2.24, 2.45) is 0 Å². The van der Waals surface area contributed by atoms with Crippen LogP contribution in [0.2, 0.25) is 0 Å². The van der Waals surface area contributed by atoms with E-state index in [0.29, 0.717) is 0 Å². The van der Waals surface area contributed by atoms with Crippen LogP contribution < -0.4 is 5.32 Å². The monoisotopic (exact) mass is 301 g/mol. The lowest BCUT2D eigenvalue weighted by molar-refractivity contribution is -0.141. The quantitative estimate of drug-likeness (QED) is 0.781. The van der Waals surface area contributed by atoms with E-state index >= 15 is 0 Å². The molecule has 0 heterocycles. The number of aryl methyl sites for hydroxylation is 1. The van der Waals surface area contributed by atoms with Gasteiger partial charge >= 0.3 is 5.97 Å². The number of carbonyl (C=O) groups is 1. The number of hydrogen-bond acceptors (Lipinski definition) is 3. The van der Waals surface area contributed by atoms with Crippen LogP contribution in [0.5, 0.6) is 0 Å². The smallest absolute Gasteiger partial charge is 0.306 e. The van der Waals surface area contributed by atoms with Gasteiger partial charge in [0.05, 0.1) is 12.0 Å². The van der Waals surface area contributed by atoms with E-state index < -0.39 is 11.6 Å². The molecule has 5 heteroatoms. The summed E-state index contributed by atoms with van der Waals surface area (Å²) in [6.45, 7) is 3.64. The molecule has 0 aliphatic heterocycles. The Bertz CT molecular complexity index is 418. The van der Waals surface area contributed by atoms with Crippen LogP contribution in [0.3, 0.4) is 0 Å². The summed E-state index contributed by atoms with van der Waals surface area (Å²) in [5.74, 6) is -1.01. The van der Waals surface area contributed by atoms with Crippen molar-refractivity contribution < 1.29 is 15.0 Å². The van der Waals surface area contributed by atoms with Gasteiger partial charge < -0.3 is 15.5 Å². The number of rotatable bonds is 5. The fourth-order valence-electron chi connectivity index (χ4n) is 1.50. The molecule has 17 heavy (non-hydrogen) atoms. The van der Waals surface area contributed by atoms with Crippen LogP contribution in [-0.2, 0) is 4.79 Å². The van der Waals surface area contributed by atoms with Crippen LogP contribution in [0.4, 0.5) is 5.69 Å². The molecule has 0 bridgehead atoms. The van der Waals surface area contributed by atoms with Gasteiger partial charge in [-0.2, -0.15) is 0 Å². The number of aliphatic hydroxyl groups is 1. The van der Waals surface area contributed by atoms with Gasteiger partial charge in [0.2, 0.25) is 0 Å². The highest BCUT2D eigenvalue weighted by Gasteiger charge is 2.23. The van der Waals surface area contributed by atoms with Gasteiger partial charge in [-0.25, -0.2) is 0 Å². The lowest BCUT2D eigenvalue weighted by atomic mass is 10.0. The van der Waals surface area contributed by atoms with Gasteiger partial charge in [-0.15, -0.1) is 0 Å². The minimum Gasteiger partial charge on any atom is -0.481 e. The van der Waals surface area contributed by atoms with Gasteiger partial charge in [-0.3, -0.25) is 4.79 Å². The molecular weight excluding hydrogens is 286 g/mol. The number of aliphatic carboxylic acids is 1. The molecule has 1 rings (SSSR count).